The second kappa shape index (κ2) is 9.48. The summed E-state index contributed by atoms with van der Waals surface area (Å²) in [5, 5.41) is 5.77. The van der Waals surface area contributed by atoms with Crippen molar-refractivity contribution in [3.63, 3.8) is 0 Å². The molecule has 7 heteroatoms. The minimum absolute atomic E-state index is 0.302. The summed E-state index contributed by atoms with van der Waals surface area (Å²) in [6, 6.07) is 17.3. The van der Waals surface area contributed by atoms with Crippen molar-refractivity contribution in [1.82, 2.24) is 5.43 Å². The number of benzene rings is 2. The third-order valence-corrected chi connectivity index (χ3v) is 4.46. The third kappa shape index (κ3) is 5.05. The lowest BCUT2D eigenvalue weighted by molar-refractivity contribution is 0.0733. The van der Waals surface area contributed by atoms with Crippen molar-refractivity contribution < 1.29 is 19.1 Å². The molecule has 0 radical (unpaired) electrons. The molecule has 6 nitrogen and oxygen atoms in total. The highest BCUT2D eigenvalue weighted by Crippen LogP contribution is 2.29. The van der Waals surface area contributed by atoms with Crippen LogP contribution >= 0.6 is 11.3 Å². The van der Waals surface area contributed by atoms with Gasteiger partial charge in [0.25, 0.3) is 5.91 Å². The van der Waals surface area contributed by atoms with Gasteiger partial charge in [-0.1, -0.05) is 24.3 Å². The second-order valence-corrected chi connectivity index (χ2v) is 6.52. The number of thiophene rings is 1. The van der Waals surface area contributed by atoms with Crippen LogP contribution in [-0.4, -0.2) is 24.7 Å². The van der Waals surface area contributed by atoms with Crippen LogP contribution in [0.5, 0.6) is 11.5 Å². The van der Waals surface area contributed by atoms with Crippen LogP contribution in [0.2, 0.25) is 0 Å². The first-order valence-electron chi connectivity index (χ1n) is 8.58. The normalized spacial score (nSPS) is 10.6. The zero-order chi connectivity index (χ0) is 19.8. The van der Waals surface area contributed by atoms with Gasteiger partial charge in [-0.25, -0.2) is 10.2 Å². The van der Waals surface area contributed by atoms with Crippen LogP contribution in [0, 0.1) is 0 Å². The van der Waals surface area contributed by atoms with Crippen LogP contribution in [0.3, 0.4) is 0 Å². The summed E-state index contributed by atoms with van der Waals surface area (Å²) in [5.74, 6) is 0.00679. The summed E-state index contributed by atoms with van der Waals surface area (Å²) in [4.78, 5) is 24.7. The van der Waals surface area contributed by atoms with E-state index in [9.17, 15) is 9.59 Å². The number of carbonyl (C=O) groups is 2. The number of nitrogens with zero attached hydrogens (tertiary/aromatic N) is 1. The van der Waals surface area contributed by atoms with E-state index in [1.165, 1.54) is 17.6 Å². The highest BCUT2D eigenvalue weighted by molar-refractivity contribution is 7.12. The Kier molecular flexibility index (Phi) is 6.54. The molecular weight excluding hydrogens is 376 g/mol. The molecule has 0 spiro atoms. The van der Waals surface area contributed by atoms with Crippen LogP contribution < -0.4 is 14.9 Å². The first kappa shape index (κ1) is 19.3. The molecule has 3 aromatic rings. The highest BCUT2D eigenvalue weighted by atomic mass is 32.1. The largest absolute Gasteiger partial charge is 0.490 e. The van der Waals surface area contributed by atoms with E-state index in [0.29, 0.717) is 34.1 Å². The Morgan fingerprint density at radius 3 is 2.61 bits per heavy atom. The van der Waals surface area contributed by atoms with Gasteiger partial charge in [0.1, 0.15) is 4.88 Å². The molecule has 0 aliphatic carbocycles. The molecule has 142 valence electrons. The lowest BCUT2D eigenvalue weighted by atomic mass is 10.2. The van der Waals surface area contributed by atoms with E-state index in [-0.39, 0.29) is 5.91 Å². The Balaban J connectivity index is 1.69. The van der Waals surface area contributed by atoms with Gasteiger partial charge in [-0.15, -0.1) is 11.3 Å². The molecule has 0 saturated carbocycles. The highest BCUT2D eigenvalue weighted by Gasteiger charge is 2.14. The van der Waals surface area contributed by atoms with E-state index in [0.717, 1.165) is 0 Å². The van der Waals surface area contributed by atoms with Gasteiger partial charge in [0.15, 0.2) is 11.5 Å². The molecule has 0 aliphatic heterocycles. The van der Waals surface area contributed by atoms with Crippen molar-refractivity contribution in [1.29, 1.82) is 0 Å². The van der Waals surface area contributed by atoms with Gasteiger partial charge >= 0.3 is 5.97 Å². The molecule has 28 heavy (non-hydrogen) atoms. The Labute approximate surface area is 166 Å². The minimum Gasteiger partial charge on any atom is -0.490 e. The molecule has 1 N–H and O–H groups in total. The number of rotatable bonds is 7. The number of hydrogen-bond donors (Lipinski definition) is 1. The van der Waals surface area contributed by atoms with Gasteiger partial charge in [0.2, 0.25) is 0 Å². The monoisotopic (exact) mass is 394 g/mol. The van der Waals surface area contributed by atoms with Crippen LogP contribution in [-0.2, 0) is 0 Å². The molecule has 0 unspecified atom stereocenters. The number of amides is 1. The minimum atomic E-state index is -0.438. The molecule has 3 rings (SSSR count). The zero-order valence-electron chi connectivity index (χ0n) is 15.1. The Bertz CT molecular complexity index is 969. The number of carbonyl (C=O) groups excluding carboxylic acids is 2. The number of esters is 1. The molecule has 2 aromatic carbocycles. The average molecular weight is 394 g/mol. The van der Waals surface area contributed by atoms with Gasteiger partial charge in [-0.3, -0.25) is 4.79 Å². The predicted molar refractivity (Wildman–Crippen MR) is 108 cm³/mol. The average Bonchev–Trinajstić information content (AvgIpc) is 3.25. The predicted octanol–water partition coefficient (Wildman–Crippen LogP) is 4.13. The van der Waals surface area contributed by atoms with Crippen molar-refractivity contribution in [2.75, 3.05) is 6.61 Å². The molecule has 0 atom stereocenters. The summed E-state index contributed by atoms with van der Waals surface area (Å²) in [7, 11) is 0. The second-order valence-electron chi connectivity index (χ2n) is 5.57. The summed E-state index contributed by atoms with van der Waals surface area (Å²) in [6.07, 6.45) is 1.49. The number of nitrogens with one attached hydrogen (secondary N) is 1. The Hall–Kier alpha value is -3.45. The third-order valence-electron chi connectivity index (χ3n) is 3.61. The Morgan fingerprint density at radius 2 is 1.89 bits per heavy atom. The fourth-order valence-corrected chi connectivity index (χ4v) is 2.92. The topological polar surface area (TPSA) is 77.0 Å². The maximum atomic E-state index is 12.2. The number of hydrazone groups is 1. The quantitative estimate of drug-likeness (QED) is 0.283. The van der Waals surface area contributed by atoms with Crippen LogP contribution in [0.1, 0.15) is 32.5 Å². The lowest BCUT2D eigenvalue weighted by Gasteiger charge is -2.10. The van der Waals surface area contributed by atoms with Crippen LogP contribution in [0.4, 0.5) is 0 Å². The van der Waals surface area contributed by atoms with Crippen molar-refractivity contribution in [3.05, 3.63) is 82.0 Å². The van der Waals surface area contributed by atoms with E-state index in [1.807, 2.05) is 18.4 Å². The van der Waals surface area contributed by atoms with Gasteiger partial charge in [-0.2, -0.15) is 5.10 Å². The van der Waals surface area contributed by atoms with Crippen molar-refractivity contribution in [2.24, 2.45) is 5.10 Å². The zero-order valence-corrected chi connectivity index (χ0v) is 15.9. The Morgan fingerprint density at radius 1 is 1.07 bits per heavy atom. The SMILES string of the molecule is CCOc1cc(/C=N\NC(=O)c2ccccc2)ccc1OC(=O)c1cccs1. The summed E-state index contributed by atoms with van der Waals surface area (Å²) in [5.41, 5.74) is 3.68. The standard InChI is InChI=1S/C21H18N2O4S/c1-2-26-18-13-15(14-22-23-20(24)16-7-4-3-5-8-16)10-11-17(18)27-21(25)19-9-6-12-28-19/h3-14H,2H2,1H3,(H,23,24)/b22-14-. The number of hydrogen-bond acceptors (Lipinski definition) is 6. The van der Waals surface area contributed by atoms with Crippen molar-refractivity contribution in [2.45, 2.75) is 6.92 Å². The smallest absolute Gasteiger partial charge is 0.353 e. The lowest BCUT2D eigenvalue weighted by Crippen LogP contribution is -2.17. The van der Waals surface area contributed by atoms with Crippen LogP contribution in [0.25, 0.3) is 0 Å². The van der Waals surface area contributed by atoms with Crippen molar-refractivity contribution >= 4 is 29.4 Å². The molecule has 0 fully saturated rings. The first-order chi connectivity index (χ1) is 13.7. The van der Waals surface area contributed by atoms with E-state index in [2.05, 4.69) is 10.5 Å². The van der Waals surface area contributed by atoms with E-state index >= 15 is 0 Å². The van der Waals surface area contributed by atoms with Gasteiger partial charge < -0.3 is 9.47 Å². The fourth-order valence-electron chi connectivity index (χ4n) is 2.32. The molecule has 0 bridgehead atoms. The summed E-state index contributed by atoms with van der Waals surface area (Å²) in [6.45, 7) is 2.25. The number of ether oxygens (including phenoxy) is 2. The summed E-state index contributed by atoms with van der Waals surface area (Å²) >= 11 is 1.31. The molecule has 0 saturated heterocycles. The maximum Gasteiger partial charge on any atom is 0.353 e. The molecule has 1 heterocycles. The van der Waals surface area contributed by atoms with Gasteiger partial charge in [0, 0.05) is 5.56 Å². The van der Waals surface area contributed by atoms with Crippen LogP contribution in [0.15, 0.2) is 71.1 Å². The van der Waals surface area contributed by atoms with Gasteiger partial charge in [0.05, 0.1) is 12.8 Å². The molecule has 1 aromatic heterocycles. The van der Waals surface area contributed by atoms with E-state index in [4.69, 9.17) is 9.47 Å². The van der Waals surface area contributed by atoms with Crippen molar-refractivity contribution in [3.8, 4) is 11.5 Å². The maximum absolute atomic E-state index is 12.2. The van der Waals surface area contributed by atoms with E-state index < -0.39 is 5.97 Å². The molecular formula is C21H18N2O4S. The fraction of sp³-hybridized carbons (Fsp3) is 0.0952. The van der Waals surface area contributed by atoms with Gasteiger partial charge in [-0.05, 0) is 54.3 Å². The summed E-state index contributed by atoms with van der Waals surface area (Å²) < 4.78 is 11.0. The molecule has 0 aliphatic rings. The molecule has 1 amide bonds. The van der Waals surface area contributed by atoms with E-state index in [1.54, 1.807) is 54.6 Å². The first-order valence-corrected chi connectivity index (χ1v) is 9.46.